The predicted octanol–water partition coefficient (Wildman–Crippen LogP) is 1.65. The standard InChI is InChI=1S/C33H55N3O12/c1-4-36(5-2)29-7-6-28-26-30(33(38)48-31(28)27-29)32(37)35-8-9-39-10-11-40-12-13-41-14-15-42-16-17-43-18-19-44-20-21-45-22-23-46-24-25-47-34-3/h6-7,26-27,34H,4-5,8-25H2,1-3H3,(H,35,37). The van der Waals surface area contributed by atoms with Gasteiger partial charge in [-0.25, -0.2) is 10.3 Å². The Bertz CT molecular complexity index is 1150. The maximum atomic E-state index is 12.5. The molecular weight excluding hydrogens is 630 g/mol. The van der Waals surface area contributed by atoms with Crippen molar-refractivity contribution < 1.29 is 51.9 Å². The number of hydrogen-bond acceptors (Lipinski definition) is 14. The van der Waals surface area contributed by atoms with E-state index in [0.29, 0.717) is 117 Å². The van der Waals surface area contributed by atoms with E-state index >= 15 is 0 Å². The highest BCUT2D eigenvalue weighted by Gasteiger charge is 2.14. The molecule has 1 amide bonds. The fourth-order valence-electron chi connectivity index (χ4n) is 4.22. The largest absolute Gasteiger partial charge is 0.422 e. The summed E-state index contributed by atoms with van der Waals surface area (Å²) in [5, 5.41) is 3.38. The van der Waals surface area contributed by atoms with Crippen LogP contribution in [0.2, 0.25) is 0 Å². The summed E-state index contributed by atoms with van der Waals surface area (Å²) in [6.07, 6.45) is 0. The van der Waals surface area contributed by atoms with Crippen molar-refractivity contribution in [2.24, 2.45) is 0 Å². The molecule has 0 aliphatic rings. The Morgan fingerprint density at radius 2 is 1.08 bits per heavy atom. The van der Waals surface area contributed by atoms with E-state index in [9.17, 15) is 9.59 Å². The van der Waals surface area contributed by atoms with Crippen molar-refractivity contribution in [3.8, 4) is 0 Å². The quantitative estimate of drug-likeness (QED) is 0.0651. The monoisotopic (exact) mass is 685 g/mol. The van der Waals surface area contributed by atoms with E-state index in [0.717, 1.165) is 18.8 Å². The molecule has 48 heavy (non-hydrogen) atoms. The molecule has 0 spiro atoms. The van der Waals surface area contributed by atoms with Gasteiger partial charge in [0.25, 0.3) is 5.91 Å². The van der Waals surface area contributed by atoms with Crippen LogP contribution in [0.3, 0.4) is 0 Å². The van der Waals surface area contributed by atoms with E-state index in [2.05, 4.69) is 29.5 Å². The van der Waals surface area contributed by atoms with Crippen LogP contribution >= 0.6 is 0 Å². The van der Waals surface area contributed by atoms with Crippen LogP contribution in [0.1, 0.15) is 24.2 Å². The molecule has 0 atom stereocenters. The molecule has 2 N–H and O–H groups in total. The Kier molecular flexibility index (Phi) is 24.3. The number of benzene rings is 1. The molecule has 2 rings (SSSR count). The van der Waals surface area contributed by atoms with Gasteiger partial charge in [0.2, 0.25) is 0 Å². The lowest BCUT2D eigenvalue weighted by Crippen LogP contribution is -2.31. The zero-order valence-electron chi connectivity index (χ0n) is 28.8. The second kappa shape index (κ2) is 28.2. The summed E-state index contributed by atoms with van der Waals surface area (Å²) < 4.78 is 49.0. The molecule has 2 aromatic rings. The van der Waals surface area contributed by atoms with Gasteiger partial charge in [-0.1, -0.05) is 0 Å². The molecule has 1 aromatic carbocycles. The normalized spacial score (nSPS) is 11.4. The van der Waals surface area contributed by atoms with E-state index < -0.39 is 11.5 Å². The van der Waals surface area contributed by atoms with Gasteiger partial charge >= 0.3 is 5.63 Å². The molecule has 0 radical (unpaired) electrons. The SMILES string of the molecule is CCN(CC)c1ccc2cc(C(=O)NCCOCCOCCOCCOCCOCCOCCOCCOCCONC)c(=O)oc2c1. The minimum atomic E-state index is -0.671. The van der Waals surface area contributed by atoms with Crippen LogP contribution in [-0.2, 0) is 42.7 Å². The first kappa shape index (κ1) is 41.5. The van der Waals surface area contributed by atoms with E-state index in [1.807, 2.05) is 18.2 Å². The molecule has 274 valence electrons. The maximum Gasteiger partial charge on any atom is 0.349 e. The number of fused-ring (bicyclic) bond motifs is 1. The number of carbonyl (C=O) groups is 1. The summed E-state index contributed by atoms with van der Waals surface area (Å²) in [5.41, 5.74) is 3.28. The average molecular weight is 686 g/mol. The first-order chi connectivity index (χ1) is 23.6. The van der Waals surface area contributed by atoms with Crippen LogP contribution in [0, 0.1) is 0 Å². The van der Waals surface area contributed by atoms with Crippen LogP contribution in [0.15, 0.2) is 33.5 Å². The van der Waals surface area contributed by atoms with Crippen molar-refractivity contribution in [3.63, 3.8) is 0 Å². The summed E-state index contributed by atoms with van der Waals surface area (Å²) in [7, 11) is 1.70. The van der Waals surface area contributed by atoms with Gasteiger partial charge in [0, 0.05) is 43.8 Å². The van der Waals surface area contributed by atoms with Gasteiger partial charge in [-0.05, 0) is 32.0 Å². The first-order valence-electron chi connectivity index (χ1n) is 16.6. The molecular formula is C33H55N3O12. The third-order valence-corrected chi connectivity index (χ3v) is 6.70. The Morgan fingerprint density at radius 3 is 1.52 bits per heavy atom. The number of hydroxylamine groups is 1. The van der Waals surface area contributed by atoms with Crippen LogP contribution in [0.5, 0.6) is 0 Å². The summed E-state index contributed by atoms with van der Waals surface area (Å²) in [5.74, 6) is -0.500. The zero-order valence-corrected chi connectivity index (χ0v) is 28.8. The van der Waals surface area contributed by atoms with Crippen molar-refractivity contribution in [2.45, 2.75) is 13.8 Å². The number of carbonyl (C=O) groups excluding carboxylic acids is 1. The van der Waals surface area contributed by atoms with Crippen molar-refractivity contribution >= 4 is 22.6 Å². The number of rotatable bonds is 32. The number of anilines is 1. The van der Waals surface area contributed by atoms with Gasteiger partial charge in [-0.15, -0.1) is 0 Å². The highest BCUT2D eigenvalue weighted by Crippen LogP contribution is 2.22. The third kappa shape index (κ3) is 18.7. The molecule has 1 heterocycles. The smallest absolute Gasteiger partial charge is 0.349 e. The number of ether oxygens (including phenoxy) is 8. The number of nitrogens with one attached hydrogen (secondary N) is 2. The van der Waals surface area contributed by atoms with Gasteiger partial charge in [0.1, 0.15) is 11.1 Å². The molecule has 0 aliphatic heterocycles. The van der Waals surface area contributed by atoms with Gasteiger partial charge in [-0.3, -0.25) is 9.63 Å². The van der Waals surface area contributed by atoms with E-state index in [-0.39, 0.29) is 18.7 Å². The Hall–Kier alpha value is -2.70. The minimum absolute atomic E-state index is 0.0370. The summed E-state index contributed by atoms with van der Waals surface area (Å²) in [4.78, 5) is 32.0. The number of amides is 1. The van der Waals surface area contributed by atoms with Gasteiger partial charge in [0.15, 0.2) is 0 Å². The molecule has 0 aliphatic carbocycles. The Labute approximate surface area is 283 Å². The van der Waals surface area contributed by atoms with Gasteiger partial charge in [0.05, 0.1) is 112 Å². The summed E-state index contributed by atoms with van der Waals surface area (Å²) in [6, 6.07) is 7.19. The second-order valence-electron chi connectivity index (χ2n) is 10.0. The molecule has 0 fully saturated rings. The molecule has 0 saturated heterocycles. The van der Waals surface area contributed by atoms with Crippen molar-refractivity contribution in [2.75, 3.05) is 144 Å². The average Bonchev–Trinajstić information content (AvgIpc) is 3.09. The molecule has 1 aromatic heterocycles. The van der Waals surface area contributed by atoms with E-state index in [1.54, 1.807) is 13.1 Å². The third-order valence-electron chi connectivity index (χ3n) is 6.70. The van der Waals surface area contributed by atoms with Crippen LogP contribution < -0.4 is 21.3 Å². The summed E-state index contributed by atoms with van der Waals surface area (Å²) >= 11 is 0. The first-order valence-corrected chi connectivity index (χ1v) is 16.6. The van der Waals surface area contributed by atoms with Crippen LogP contribution in [-0.4, -0.2) is 145 Å². The summed E-state index contributed by atoms with van der Waals surface area (Å²) in [6.45, 7) is 13.9. The van der Waals surface area contributed by atoms with Crippen LogP contribution in [0.25, 0.3) is 11.0 Å². The van der Waals surface area contributed by atoms with Crippen LogP contribution in [0.4, 0.5) is 5.69 Å². The maximum absolute atomic E-state index is 12.5. The van der Waals surface area contributed by atoms with E-state index in [1.165, 1.54) is 0 Å². The van der Waals surface area contributed by atoms with Crippen molar-refractivity contribution in [3.05, 3.63) is 40.2 Å². The highest BCUT2D eigenvalue weighted by atomic mass is 16.7. The van der Waals surface area contributed by atoms with Gasteiger partial charge < -0.3 is 52.5 Å². The lowest BCUT2D eigenvalue weighted by atomic mass is 10.1. The Morgan fingerprint density at radius 1 is 0.646 bits per heavy atom. The molecule has 0 unspecified atom stereocenters. The predicted molar refractivity (Wildman–Crippen MR) is 180 cm³/mol. The fraction of sp³-hybridized carbons (Fsp3) is 0.697. The molecule has 15 heteroatoms. The molecule has 0 bridgehead atoms. The highest BCUT2D eigenvalue weighted by molar-refractivity contribution is 5.97. The zero-order chi connectivity index (χ0) is 34.5. The molecule has 0 saturated carbocycles. The molecule has 15 nitrogen and oxygen atoms in total. The topological polar surface area (TPSA) is 158 Å². The number of hydrogen-bond donors (Lipinski definition) is 2. The van der Waals surface area contributed by atoms with Crippen molar-refractivity contribution in [1.82, 2.24) is 10.8 Å². The Balaban J connectivity index is 1.33. The minimum Gasteiger partial charge on any atom is -0.422 e. The lowest BCUT2D eigenvalue weighted by Gasteiger charge is -2.21. The fourth-order valence-corrected chi connectivity index (χ4v) is 4.22. The second-order valence-corrected chi connectivity index (χ2v) is 10.0. The lowest BCUT2D eigenvalue weighted by molar-refractivity contribution is -0.0290. The van der Waals surface area contributed by atoms with Gasteiger partial charge in [-0.2, -0.15) is 0 Å². The number of nitrogens with zero attached hydrogens (tertiary/aromatic N) is 1. The van der Waals surface area contributed by atoms with E-state index in [4.69, 9.17) is 47.1 Å². The van der Waals surface area contributed by atoms with Crippen molar-refractivity contribution in [1.29, 1.82) is 0 Å².